The molecular weight excluding hydrogens is 366 g/mol. The lowest BCUT2D eigenvalue weighted by atomic mass is 10.2. The van der Waals surface area contributed by atoms with Crippen LogP contribution < -0.4 is 5.32 Å². The topological polar surface area (TPSA) is 103 Å². The Morgan fingerprint density at radius 1 is 1.44 bits per heavy atom. The first kappa shape index (κ1) is 17.1. The highest BCUT2D eigenvalue weighted by Crippen LogP contribution is 2.32. The molecule has 0 saturated heterocycles. The van der Waals surface area contributed by atoms with E-state index in [1.54, 1.807) is 6.20 Å². The van der Waals surface area contributed by atoms with Crippen molar-refractivity contribution >= 4 is 39.7 Å². The fraction of sp³-hybridized carbons (Fsp3) is 0.133. The zero-order valence-corrected chi connectivity index (χ0v) is 14.8. The number of thiazole rings is 1. The molecule has 3 aromatic rings. The van der Waals surface area contributed by atoms with Crippen molar-refractivity contribution in [3.63, 3.8) is 0 Å². The number of carbonyl (C=O) groups excluding carboxylic acids is 1. The van der Waals surface area contributed by atoms with E-state index in [1.165, 1.54) is 23.5 Å². The molecule has 1 amide bonds. The summed E-state index contributed by atoms with van der Waals surface area (Å²) in [5, 5.41) is 14.0. The Hall–Kier alpha value is -2.78. The predicted molar refractivity (Wildman–Crippen MR) is 95.1 cm³/mol. The van der Waals surface area contributed by atoms with E-state index >= 15 is 0 Å². The van der Waals surface area contributed by atoms with Crippen LogP contribution in [-0.2, 0) is 7.05 Å². The quantitative estimate of drug-likeness (QED) is 0.552. The molecule has 0 aliphatic rings. The Kier molecular flexibility index (Phi) is 4.51. The molecule has 0 saturated carbocycles. The fourth-order valence-corrected chi connectivity index (χ4v) is 3.39. The molecule has 1 aromatic carbocycles. The first-order valence-corrected chi connectivity index (χ1v) is 8.26. The van der Waals surface area contributed by atoms with Crippen LogP contribution in [0.3, 0.4) is 0 Å². The summed E-state index contributed by atoms with van der Waals surface area (Å²) in [6.07, 6.45) is 3.50. The van der Waals surface area contributed by atoms with Crippen LogP contribution in [0.4, 0.5) is 10.8 Å². The van der Waals surface area contributed by atoms with Gasteiger partial charge in [-0.05, 0) is 19.1 Å². The second-order valence-corrected chi connectivity index (χ2v) is 6.58. The Bertz CT molecular complexity index is 981. The van der Waals surface area contributed by atoms with Crippen molar-refractivity contribution in [1.29, 1.82) is 0 Å². The van der Waals surface area contributed by atoms with E-state index in [9.17, 15) is 14.9 Å². The molecule has 0 fully saturated rings. The van der Waals surface area contributed by atoms with Gasteiger partial charge < -0.3 is 4.57 Å². The van der Waals surface area contributed by atoms with Crippen LogP contribution in [0.25, 0.3) is 10.7 Å². The van der Waals surface area contributed by atoms with Crippen LogP contribution in [0, 0.1) is 17.0 Å². The second kappa shape index (κ2) is 6.61. The molecule has 1 N–H and O–H groups in total. The highest BCUT2D eigenvalue weighted by molar-refractivity contribution is 7.19. The number of imidazole rings is 1. The molecule has 0 atom stereocenters. The van der Waals surface area contributed by atoms with Crippen molar-refractivity contribution in [3.8, 4) is 10.7 Å². The Morgan fingerprint density at radius 3 is 2.84 bits per heavy atom. The molecule has 0 spiro atoms. The minimum Gasteiger partial charge on any atom is -0.333 e. The molecule has 0 aliphatic heterocycles. The van der Waals surface area contributed by atoms with Gasteiger partial charge in [-0.25, -0.2) is 9.97 Å². The predicted octanol–water partition coefficient (Wildman–Crippen LogP) is 3.67. The molecule has 0 radical (unpaired) electrons. The van der Waals surface area contributed by atoms with Gasteiger partial charge in [0.05, 0.1) is 15.5 Å². The fourth-order valence-electron chi connectivity index (χ4n) is 2.20. The number of rotatable bonds is 4. The number of nitrogens with one attached hydrogen (secondary N) is 1. The maximum absolute atomic E-state index is 12.3. The zero-order chi connectivity index (χ0) is 18.1. The number of hydrogen-bond donors (Lipinski definition) is 1. The average molecular weight is 378 g/mol. The first-order chi connectivity index (χ1) is 11.9. The van der Waals surface area contributed by atoms with E-state index in [0.29, 0.717) is 5.13 Å². The van der Waals surface area contributed by atoms with Gasteiger partial charge in [0.25, 0.3) is 11.6 Å². The van der Waals surface area contributed by atoms with Crippen LogP contribution in [-0.4, -0.2) is 25.4 Å². The normalized spacial score (nSPS) is 10.7. The number of nitro benzene ring substituents is 1. The van der Waals surface area contributed by atoms with Gasteiger partial charge in [0.1, 0.15) is 5.02 Å². The third kappa shape index (κ3) is 3.37. The lowest BCUT2D eigenvalue weighted by Gasteiger charge is -2.02. The van der Waals surface area contributed by atoms with Gasteiger partial charge >= 0.3 is 0 Å². The number of nitro groups is 1. The SMILES string of the molecule is Cc1nc(NC(=O)c2ccc(Cl)c([N+](=O)[O-])c2)sc1-c1nccn1C. The van der Waals surface area contributed by atoms with Gasteiger partial charge in [-0.1, -0.05) is 22.9 Å². The molecule has 0 aliphatic carbocycles. The number of halogens is 1. The molecule has 2 heterocycles. The van der Waals surface area contributed by atoms with Gasteiger partial charge in [-0.3, -0.25) is 20.2 Å². The highest BCUT2D eigenvalue weighted by atomic mass is 35.5. The van der Waals surface area contributed by atoms with Crippen molar-refractivity contribution in [2.45, 2.75) is 6.92 Å². The van der Waals surface area contributed by atoms with Crippen molar-refractivity contribution in [2.75, 3.05) is 5.32 Å². The van der Waals surface area contributed by atoms with Crippen LogP contribution in [0.2, 0.25) is 5.02 Å². The van der Waals surface area contributed by atoms with Crippen molar-refractivity contribution in [2.24, 2.45) is 7.05 Å². The molecule has 3 rings (SSSR count). The molecule has 2 aromatic heterocycles. The molecule has 25 heavy (non-hydrogen) atoms. The van der Waals surface area contributed by atoms with E-state index < -0.39 is 10.8 Å². The van der Waals surface area contributed by atoms with Gasteiger partial charge in [0, 0.05) is 31.1 Å². The van der Waals surface area contributed by atoms with Crippen LogP contribution in [0.15, 0.2) is 30.6 Å². The molecule has 0 unspecified atom stereocenters. The summed E-state index contributed by atoms with van der Waals surface area (Å²) in [4.78, 5) is 32.1. The van der Waals surface area contributed by atoms with E-state index in [0.717, 1.165) is 22.5 Å². The number of aryl methyl sites for hydroxylation is 2. The van der Waals surface area contributed by atoms with Crippen LogP contribution in [0.1, 0.15) is 16.1 Å². The van der Waals surface area contributed by atoms with E-state index in [2.05, 4.69) is 15.3 Å². The Labute approximate surface area is 151 Å². The minimum absolute atomic E-state index is 0.0243. The summed E-state index contributed by atoms with van der Waals surface area (Å²) in [5.41, 5.74) is 0.539. The standard InChI is InChI=1S/C15H12ClN5O3S/c1-8-12(13-17-5-6-20(13)2)25-15(18-8)19-14(22)9-3-4-10(16)11(7-9)21(23)24/h3-7H,1-2H3,(H,18,19,22). The van der Waals surface area contributed by atoms with Gasteiger partial charge in [-0.15, -0.1) is 0 Å². The lowest BCUT2D eigenvalue weighted by Crippen LogP contribution is -2.12. The van der Waals surface area contributed by atoms with Crippen LogP contribution >= 0.6 is 22.9 Å². The monoisotopic (exact) mass is 377 g/mol. The number of nitrogens with zero attached hydrogens (tertiary/aromatic N) is 4. The van der Waals surface area contributed by atoms with Gasteiger partial charge in [0.15, 0.2) is 11.0 Å². The smallest absolute Gasteiger partial charge is 0.288 e. The Morgan fingerprint density at radius 2 is 2.20 bits per heavy atom. The second-order valence-electron chi connectivity index (χ2n) is 5.17. The summed E-state index contributed by atoms with van der Waals surface area (Å²) >= 11 is 7.04. The number of anilines is 1. The Balaban J connectivity index is 1.86. The number of hydrogen-bond acceptors (Lipinski definition) is 6. The summed E-state index contributed by atoms with van der Waals surface area (Å²) < 4.78 is 1.86. The van der Waals surface area contributed by atoms with Gasteiger partial charge in [0.2, 0.25) is 0 Å². The largest absolute Gasteiger partial charge is 0.333 e. The van der Waals surface area contributed by atoms with Crippen molar-refractivity contribution in [1.82, 2.24) is 14.5 Å². The molecular formula is C15H12ClN5O3S. The third-order valence-electron chi connectivity index (χ3n) is 3.45. The lowest BCUT2D eigenvalue weighted by molar-refractivity contribution is -0.384. The number of aromatic nitrogens is 3. The highest BCUT2D eigenvalue weighted by Gasteiger charge is 2.19. The van der Waals surface area contributed by atoms with Crippen molar-refractivity contribution in [3.05, 3.63) is 57.0 Å². The van der Waals surface area contributed by atoms with E-state index in [1.807, 2.05) is 24.7 Å². The molecule has 10 heteroatoms. The summed E-state index contributed by atoms with van der Waals surface area (Å²) in [6, 6.07) is 3.88. The molecule has 8 nitrogen and oxygen atoms in total. The molecule has 128 valence electrons. The zero-order valence-electron chi connectivity index (χ0n) is 13.2. The van der Waals surface area contributed by atoms with Crippen LogP contribution in [0.5, 0.6) is 0 Å². The summed E-state index contributed by atoms with van der Waals surface area (Å²) in [6.45, 7) is 1.82. The number of carbonyl (C=O) groups is 1. The summed E-state index contributed by atoms with van der Waals surface area (Å²) in [7, 11) is 1.87. The third-order valence-corrected chi connectivity index (χ3v) is 4.83. The van der Waals surface area contributed by atoms with E-state index in [-0.39, 0.29) is 16.3 Å². The average Bonchev–Trinajstić information content (AvgIpc) is 3.12. The molecule has 0 bridgehead atoms. The summed E-state index contributed by atoms with van der Waals surface area (Å²) in [5.74, 6) is 0.248. The first-order valence-electron chi connectivity index (χ1n) is 7.07. The van der Waals surface area contributed by atoms with Crippen molar-refractivity contribution < 1.29 is 9.72 Å². The maximum atomic E-state index is 12.3. The van der Waals surface area contributed by atoms with Gasteiger partial charge in [-0.2, -0.15) is 0 Å². The van der Waals surface area contributed by atoms with E-state index in [4.69, 9.17) is 11.6 Å². The maximum Gasteiger partial charge on any atom is 0.288 e. The number of amides is 1. The number of benzene rings is 1. The minimum atomic E-state index is -0.633.